The summed E-state index contributed by atoms with van der Waals surface area (Å²) >= 11 is 0. The van der Waals surface area contributed by atoms with Crippen LogP contribution < -0.4 is 35.7 Å². The minimum absolute atomic E-state index is 0.00609. The van der Waals surface area contributed by atoms with Crippen molar-refractivity contribution in [2.24, 2.45) is 0 Å². The molecule has 0 saturated carbocycles. The van der Waals surface area contributed by atoms with Crippen molar-refractivity contribution in [3.8, 4) is 23.1 Å². The smallest absolute Gasteiger partial charge is 0.410 e. The summed E-state index contributed by atoms with van der Waals surface area (Å²) < 4.78 is 23.7. The molecule has 0 radical (unpaired) electrons. The Morgan fingerprint density at radius 2 is 1.14 bits per heavy atom. The van der Waals surface area contributed by atoms with Gasteiger partial charge >= 0.3 is 6.09 Å². The average molecular weight is 1180 g/mol. The molecule has 0 aliphatic carbocycles. The number of hydrogen-bond acceptors (Lipinski definition) is 15. The molecular weight excluding hydrogens is 1100 g/mol. The number of aromatic nitrogens is 10. The molecule has 0 spiro atoms. The fraction of sp³-hybridized carbons (Fsp3) is 0.400. The molecular formula is C65H70N14O8. The van der Waals surface area contributed by atoms with Crippen LogP contribution in [0.4, 0.5) is 16.4 Å². The van der Waals surface area contributed by atoms with Crippen LogP contribution in [0.15, 0.2) is 107 Å². The van der Waals surface area contributed by atoms with Crippen LogP contribution in [-0.2, 0) is 64.2 Å². The zero-order valence-electron chi connectivity index (χ0n) is 50.1. The first-order valence-corrected chi connectivity index (χ1v) is 29.8. The van der Waals surface area contributed by atoms with Gasteiger partial charge < -0.3 is 24.4 Å². The molecule has 22 heteroatoms. The fourth-order valence-corrected chi connectivity index (χ4v) is 12.6. The van der Waals surface area contributed by atoms with E-state index in [0.717, 1.165) is 55.5 Å². The molecule has 14 rings (SSSR count). The van der Waals surface area contributed by atoms with E-state index in [1.807, 2.05) is 51.1 Å². The summed E-state index contributed by atoms with van der Waals surface area (Å²) in [5.41, 5.74) is 6.79. The molecule has 0 unspecified atom stereocenters. The Morgan fingerprint density at radius 1 is 0.632 bits per heavy atom. The lowest BCUT2D eigenvalue weighted by Gasteiger charge is -2.40. The molecule has 87 heavy (non-hydrogen) atoms. The molecule has 3 amide bonds. The number of pyridine rings is 2. The summed E-state index contributed by atoms with van der Waals surface area (Å²) in [6.45, 7) is 18.9. The molecule has 6 aromatic heterocycles. The van der Waals surface area contributed by atoms with Gasteiger partial charge in [0.25, 0.3) is 22.9 Å². The molecule has 448 valence electrons. The number of rotatable bonds is 4. The molecule has 6 aliphatic rings. The number of benzene rings is 2. The lowest BCUT2D eigenvalue weighted by Crippen LogP contribution is -2.46. The summed E-state index contributed by atoms with van der Waals surface area (Å²) in [6, 6.07) is 20.1. The first-order chi connectivity index (χ1) is 41.8. The van der Waals surface area contributed by atoms with Crippen molar-refractivity contribution in [1.29, 1.82) is 0 Å². The number of anilines is 2. The zero-order chi connectivity index (χ0) is 60.5. The third-order valence-corrected chi connectivity index (χ3v) is 16.7. The summed E-state index contributed by atoms with van der Waals surface area (Å²) in [7, 11) is 0. The van der Waals surface area contributed by atoms with Crippen LogP contribution in [0.5, 0.6) is 11.5 Å². The minimum Gasteiger partial charge on any atom is -0.480 e. The van der Waals surface area contributed by atoms with E-state index in [1.54, 1.807) is 64.0 Å². The second kappa shape index (κ2) is 22.2. The summed E-state index contributed by atoms with van der Waals surface area (Å²) in [5.74, 6) is 3.84. The topological polar surface area (TPSA) is 232 Å². The summed E-state index contributed by atoms with van der Waals surface area (Å²) in [6.07, 6.45) is 14.9. The van der Waals surface area contributed by atoms with E-state index in [4.69, 9.17) is 34.1 Å². The largest absolute Gasteiger partial charge is 0.480 e. The van der Waals surface area contributed by atoms with Gasteiger partial charge in [0.2, 0.25) is 0 Å². The van der Waals surface area contributed by atoms with E-state index in [2.05, 4.69) is 79.4 Å². The molecule has 8 aromatic rings. The van der Waals surface area contributed by atoms with Gasteiger partial charge in [0.15, 0.2) is 59.3 Å². The molecule has 0 atom stereocenters. The van der Waals surface area contributed by atoms with Crippen molar-refractivity contribution in [3.63, 3.8) is 0 Å². The van der Waals surface area contributed by atoms with Crippen LogP contribution in [0.2, 0.25) is 0 Å². The Morgan fingerprint density at radius 3 is 1.66 bits per heavy atom. The average Bonchev–Trinajstić information content (AvgIpc) is 2.07. The van der Waals surface area contributed by atoms with Crippen molar-refractivity contribution in [2.75, 3.05) is 49.2 Å². The number of nitrogens with zero attached hydrogens (tertiary/aromatic N) is 13. The first-order valence-electron chi connectivity index (χ1n) is 29.8. The third-order valence-electron chi connectivity index (χ3n) is 16.7. The highest BCUT2D eigenvalue weighted by Gasteiger charge is 2.37. The van der Waals surface area contributed by atoms with Crippen LogP contribution >= 0.6 is 0 Å². The van der Waals surface area contributed by atoms with Crippen LogP contribution in [0, 0.1) is 0 Å². The molecule has 1 N–H and O–H groups in total. The molecule has 12 heterocycles. The highest BCUT2D eigenvalue weighted by molar-refractivity contribution is 5.97. The van der Waals surface area contributed by atoms with Crippen LogP contribution in [0.25, 0.3) is 33.7 Å². The van der Waals surface area contributed by atoms with E-state index < -0.39 is 5.60 Å². The fourth-order valence-electron chi connectivity index (χ4n) is 12.6. The van der Waals surface area contributed by atoms with Gasteiger partial charge in [-0.2, -0.15) is 0 Å². The highest BCUT2D eigenvalue weighted by Crippen LogP contribution is 2.37. The second-order valence-electron chi connectivity index (χ2n) is 25.4. The number of fused-ring (bicyclic) bond motifs is 12. The predicted molar refractivity (Wildman–Crippen MR) is 327 cm³/mol. The van der Waals surface area contributed by atoms with E-state index in [0.29, 0.717) is 121 Å². The quantitative estimate of drug-likeness (QED) is 0.166. The Hall–Kier alpha value is -9.31. The van der Waals surface area contributed by atoms with Gasteiger partial charge in [-0.3, -0.25) is 29.0 Å². The number of amides is 3. The maximum Gasteiger partial charge on any atom is 0.410 e. The van der Waals surface area contributed by atoms with Gasteiger partial charge in [-0.25, -0.2) is 53.4 Å². The lowest BCUT2D eigenvalue weighted by molar-refractivity contribution is -0.122. The Bertz CT molecular complexity index is 4290. The third kappa shape index (κ3) is 10.9. The van der Waals surface area contributed by atoms with Gasteiger partial charge in [-0.15, -0.1) is 0 Å². The predicted octanol–water partition coefficient (Wildman–Crippen LogP) is 7.70. The highest BCUT2D eigenvalue weighted by atomic mass is 16.6. The number of hydrogen-bond donors (Lipinski definition) is 1. The molecule has 2 aromatic carbocycles. The molecule has 22 nitrogen and oxygen atoms in total. The van der Waals surface area contributed by atoms with E-state index >= 15 is 0 Å². The van der Waals surface area contributed by atoms with Gasteiger partial charge in [0.1, 0.15) is 28.0 Å². The van der Waals surface area contributed by atoms with Gasteiger partial charge in [0.05, 0.1) is 13.1 Å². The molecule has 4 bridgehead atoms. The summed E-state index contributed by atoms with van der Waals surface area (Å²) in [5, 5.41) is 4.31. The second-order valence-corrected chi connectivity index (χ2v) is 25.4. The first kappa shape index (κ1) is 56.8. The van der Waals surface area contributed by atoms with E-state index in [1.165, 1.54) is 16.7 Å². The van der Waals surface area contributed by atoms with Gasteiger partial charge in [0, 0.05) is 75.3 Å². The zero-order valence-corrected chi connectivity index (χ0v) is 50.1. The van der Waals surface area contributed by atoms with Crippen molar-refractivity contribution < 1.29 is 28.6 Å². The van der Waals surface area contributed by atoms with E-state index in [9.17, 15) is 24.0 Å². The molecule has 0 fully saturated rings. The van der Waals surface area contributed by atoms with Crippen LogP contribution in [-0.4, -0.2) is 116 Å². The molecule has 6 aliphatic heterocycles. The van der Waals surface area contributed by atoms with Crippen LogP contribution in [0.3, 0.4) is 0 Å². The Labute approximate surface area is 502 Å². The van der Waals surface area contributed by atoms with Crippen molar-refractivity contribution >= 4 is 51.6 Å². The van der Waals surface area contributed by atoms with Gasteiger partial charge in [-0.05, 0) is 104 Å². The van der Waals surface area contributed by atoms with Crippen LogP contribution in [0.1, 0.15) is 119 Å². The normalized spacial score (nSPS) is 18.4. The Balaban J connectivity index is 0.000000163. The number of carbonyl (C=O) groups excluding carboxylic acids is 3. The number of carbonyl (C=O) groups is 3. The lowest BCUT2D eigenvalue weighted by atomic mass is 9.78. The summed E-state index contributed by atoms with van der Waals surface area (Å²) in [4.78, 5) is 99.5. The number of ether oxygens (including phenoxy) is 3. The van der Waals surface area contributed by atoms with Crippen molar-refractivity contribution in [3.05, 3.63) is 163 Å². The van der Waals surface area contributed by atoms with Crippen molar-refractivity contribution in [1.82, 2.24) is 58.8 Å². The van der Waals surface area contributed by atoms with Crippen molar-refractivity contribution in [2.45, 2.75) is 130 Å². The monoisotopic (exact) mass is 1170 g/mol. The molecule has 0 saturated heterocycles. The SMILES string of the molecule is CC(C)(C)OC(=O)N1Cc2cc(Cc3ncc4c(=O)n5n(c4n3)-c3ccc4c(n3)N(CCC/C=C\C5)C(=O)CO4)ccc2C(C)(C)C1.CC1(C)CNCc2cc(Cc3ncc4c(=O)n5n(c4n3)-c3ccc4c(n3)N(CCC/C=C\C5)C(=O)CO4)ccc21. The van der Waals surface area contributed by atoms with Gasteiger partial charge in [-0.1, -0.05) is 88.4 Å². The maximum atomic E-state index is 13.7. The standard InChI is InChI=1S/C35H39N7O5.C30H31N7O3/c1-34(2,3)47-33(45)39-19-23-16-22(10-11-25(23)35(4,5)21-39)17-27-36-18-24-30(37-27)42-28-13-12-26-31(38-28)40(29(43)20-46-26)14-8-6-7-9-15-41(42)32(24)44;1-30(2)18-31-15-20-13-19(7-8-22(20)30)14-24-32-16-21-27(33-24)37-25-10-9-23-28(34-25)35(26(38)17-40-23)11-5-3-4-6-12-36(37)29(21)39/h7,9-13,16,18H,6,8,14-15,17,19-21H2,1-5H3;4,6-10,13,16,31H,3,5,11-12,14-15,17-18H2,1-2H3/b9-7-;6-4-. The minimum atomic E-state index is -0.579. The Kier molecular flexibility index (Phi) is 14.5. The maximum absolute atomic E-state index is 13.7. The number of allylic oxidation sites excluding steroid dienone is 4. The van der Waals surface area contributed by atoms with E-state index in [-0.39, 0.29) is 53.1 Å². The number of nitrogens with one attached hydrogen (secondary N) is 1.